The number of thiol groups is 1. The Morgan fingerprint density at radius 1 is 0.932 bits per heavy atom. The van der Waals surface area contributed by atoms with E-state index in [1.54, 1.807) is 60.6 Å². The van der Waals surface area contributed by atoms with E-state index in [-0.39, 0.29) is 30.0 Å². The number of para-hydroxylation sites is 1. The molecule has 3 unspecified atom stereocenters. The summed E-state index contributed by atoms with van der Waals surface area (Å²) >= 11 is 4.27. The average Bonchev–Trinajstić information content (AvgIpc) is 2.91. The van der Waals surface area contributed by atoms with Gasteiger partial charge in [-0.15, -0.1) is 6.58 Å². The van der Waals surface area contributed by atoms with Crippen LogP contribution in [0, 0.1) is 6.92 Å². The summed E-state index contributed by atoms with van der Waals surface area (Å²) in [4.78, 5) is 55.3. The van der Waals surface area contributed by atoms with Gasteiger partial charge in [-0.3, -0.25) is 9.59 Å². The second kappa shape index (κ2) is 15.7. The second-order valence-electron chi connectivity index (χ2n) is 12.4. The van der Waals surface area contributed by atoms with Crippen molar-refractivity contribution < 1.29 is 33.8 Å². The lowest BCUT2D eigenvalue weighted by atomic mass is 9.98. The summed E-state index contributed by atoms with van der Waals surface area (Å²) in [5.74, 6) is -2.40. The fraction of sp³-hybridized carbons (Fsp3) is 0.455. The number of ether oxygens (including phenoxy) is 2. The van der Waals surface area contributed by atoms with Crippen molar-refractivity contribution in [2.75, 3.05) is 12.3 Å². The van der Waals surface area contributed by atoms with Crippen molar-refractivity contribution in [1.82, 2.24) is 15.5 Å². The molecule has 0 aromatic heterocycles. The lowest BCUT2D eigenvalue weighted by molar-refractivity contribution is -0.159. The number of aryl methyl sites for hydroxylation is 1. The van der Waals surface area contributed by atoms with E-state index in [1.807, 2.05) is 30.3 Å². The summed E-state index contributed by atoms with van der Waals surface area (Å²) < 4.78 is 10.9. The number of carbonyl (C=O) groups excluding carboxylic acids is 4. The number of alkyl carbamates (subject to hydrolysis) is 1. The minimum Gasteiger partial charge on any atom is -0.507 e. The van der Waals surface area contributed by atoms with Gasteiger partial charge in [0.25, 0.3) is 0 Å². The number of hydrogen-bond acceptors (Lipinski definition) is 8. The third-order valence-corrected chi connectivity index (χ3v) is 6.56. The van der Waals surface area contributed by atoms with Gasteiger partial charge in [0, 0.05) is 24.3 Å². The number of aromatic hydroxyl groups is 1. The molecule has 10 nitrogen and oxygen atoms in total. The molecule has 2 aromatic rings. The molecule has 3 amide bonds. The Kier molecular flexibility index (Phi) is 12.9. The lowest BCUT2D eigenvalue weighted by Crippen LogP contribution is -2.55. The largest absolute Gasteiger partial charge is 0.507 e. The summed E-state index contributed by atoms with van der Waals surface area (Å²) in [7, 11) is 0. The van der Waals surface area contributed by atoms with Crippen LogP contribution in [-0.4, -0.2) is 69.5 Å². The standard InChI is InChI=1S/C33H45N3O7S/c1-9-18-36(29(39)25(20-44)35-31(41)43-33(6,7)8)26(23-17-13-14-21(2)27(23)37)28(38)34-24(30(40)42-32(3,4)5)19-22-15-11-10-12-16-22/h9-17,24-26,37,44H,1,18-20H2,2-8H3,(H,34,38)(H,35,41). The molecule has 0 spiro atoms. The molecule has 0 aliphatic rings. The fourth-order valence-corrected chi connectivity index (χ4v) is 4.56. The van der Waals surface area contributed by atoms with Crippen LogP contribution in [0.4, 0.5) is 4.79 Å². The Morgan fingerprint density at radius 3 is 2.09 bits per heavy atom. The summed E-state index contributed by atoms with van der Waals surface area (Å²) in [5.41, 5.74) is -0.287. The zero-order chi connectivity index (χ0) is 33.2. The third-order valence-electron chi connectivity index (χ3n) is 6.19. The van der Waals surface area contributed by atoms with Crippen LogP contribution in [0.1, 0.15) is 64.3 Å². The Labute approximate surface area is 265 Å². The third kappa shape index (κ3) is 10.9. The average molecular weight is 628 g/mol. The zero-order valence-electron chi connectivity index (χ0n) is 26.5. The van der Waals surface area contributed by atoms with Gasteiger partial charge in [0.2, 0.25) is 11.8 Å². The smallest absolute Gasteiger partial charge is 0.408 e. The monoisotopic (exact) mass is 627 g/mol. The molecule has 2 rings (SSSR count). The first-order chi connectivity index (χ1) is 20.5. The maximum Gasteiger partial charge on any atom is 0.408 e. The Morgan fingerprint density at radius 2 is 1.55 bits per heavy atom. The number of hydrogen-bond donors (Lipinski definition) is 4. The van der Waals surface area contributed by atoms with Crippen LogP contribution in [0.25, 0.3) is 0 Å². The molecule has 0 aliphatic heterocycles. The number of phenols is 1. The molecule has 0 saturated heterocycles. The maximum atomic E-state index is 14.2. The highest BCUT2D eigenvalue weighted by molar-refractivity contribution is 7.80. The van der Waals surface area contributed by atoms with Crippen molar-refractivity contribution in [1.29, 1.82) is 0 Å². The van der Waals surface area contributed by atoms with Crippen LogP contribution < -0.4 is 10.6 Å². The predicted molar refractivity (Wildman–Crippen MR) is 172 cm³/mol. The van der Waals surface area contributed by atoms with E-state index in [2.05, 4.69) is 29.8 Å². The SMILES string of the molecule is C=CCN(C(=O)C(CS)NC(=O)OC(C)(C)C)C(C(=O)NC(Cc1ccccc1)C(=O)OC(C)(C)C)c1cccc(C)c1O. The molecule has 0 radical (unpaired) electrons. The van der Waals surface area contributed by atoms with Crippen LogP contribution in [0.15, 0.2) is 61.2 Å². The summed E-state index contributed by atoms with van der Waals surface area (Å²) in [6.45, 7) is 15.5. The van der Waals surface area contributed by atoms with Crippen LogP contribution in [-0.2, 0) is 30.3 Å². The van der Waals surface area contributed by atoms with E-state index in [1.165, 1.54) is 17.0 Å². The number of rotatable bonds is 12. The predicted octanol–water partition coefficient (Wildman–Crippen LogP) is 4.65. The molecular weight excluding hydrogens is 582 g/mol. The summed E-state index contributed by atoms with van der Waals surface area (Å²) in [6.07, 6.45) is 0.697. The molecule has 2 aromatic carbocycles. The Hall–Kier alpha value is -3.99. The molecule has 0 bridgehead atoms. The van der Waals surface area contributed by atoms with E-state index in [0.29, 0.717) is 5.56 Å². The van der Waals surface area contributed by atoms with Crippen LogP contribution in [0.3, 0.4) is 0 Å². The first-order valence-corrected chi connectivity index (χ1v) is 15.0. The molecule has 0 aliphatic carbocycles. The van der Waals surface area contributed by atoms with Crippen molar-refractivity contribution in [2.45, 2.75) is 84.2 Å². The topological polar surface area (TPSA) is 134 Å². The van der Waals surface area contributed by atoms with E-state index >= 15 is 0 Å². The number of amides is 3. The molecule has 44 heavy (non-hydrogen) atoms. The van der Waals surface area contributed by atoms with Crippen LogP contribution in [0.5, 0.6) is 5.75 Å². The number of benzene rings is 2. The second-order valence-corrected chi connectivity index (χ2v) is 12.7. The number of esters is 1. The van der Waals surface area contributed by atoms with Crippen LogP contribution >= 0.6 is 12.6 Å². The minimum absolute atomic E-state index is 0.114. The fourth-order valence-electron chi connectivity index (χ4n) is 4.32. The molecule has 11 heteroatoms. The molecule has 0 fully saturated rings. The van der Waals surface area contributed by atoms with Crippen molar-refractivity contribution in [3.63, 3.8) is 0 Å². The molecular formula is C33H45N3O7S. The van der Waals surface area contributed by atoms with Gasteiger partial charge < -0.3 is 30.1 Å². The quantitative estimate of drug-likeness (QED) is 0.153. The zero-order valence-corrected chi connectivity index (χ0v) is 27.4. The van der Waals surface area contributed by atoms with Gasteiger partial charge in [0.15, 0.2) is 0 Å². The van der Waals surface area contributed by atoms with Gasteiger partial charge in [-0.05, 0) is 59.6 Å². The van der Waals surface area contributed by atoms with Gasteiger partial charge in [-0.25, -0.2) is 9.59 Å². The summed E-state index contributed by atoms with van der Waals surface area (Å²) in [5, 5.41) is 16.4. The maximum absolute atomic E-state index is 14.2. The van der Waals surface area contributed by atoms with Gasteiger partial charge in [0.1, 0.15) is 35.1 Å². The van der Waals surface area contributed by atoms with E-state index in [9.17, 15) is 24.3 Å². The molecule has 240 valence electrons. The Balaban J connectivity index is 2.58. The van der Waals surface area contributed by atoms with E-state index < -0.39 is 53.2 Å². The van der Waals surface area contributed by atoms with Crippen LogP contribution in [0.2, 0.25) is 0 Å². The minimum atomic E-state index is -1.43. The highest BCUT2D eigenvalue weighted by atomic mass is 32.1. The van der Waals surface area contributed by atoms with E-state index in [4.69, 9.17) is 9.47 Å². The van der Waals surface area contributed by atoms with Crippen molar-refractivity contribution in [2.24, 2.45) is 0 Å². The van der Waals surface area contributed by atoms with Gasteiger partial charge in [-0.2, -0.15) is 12.6 Å². The number of phenolic OH excluding ortho intramolecular Hbond substituents is 1. The molecule has 3 N–H and O–H groups in total. The normalized spacial score (nSPS) is 13.5. The number of nitrogens with one attached hydrogen (secondary N) is 2. The molecule has 3 atom stereocenters. The highest BCUT2D eigenvalue weighted by Crippen LogP contribution is 2.32. The first-order valence-electron chi connectivity index (χ1n) is 14.3. The molecule has 0 saturated carbocycles. The van der Waals surface area contributed by atoms with Gasteiger partial charge in [-0.1, -0.05) is 54.6 Å². The first kappa shape index (κ1) is 36.2. The molecule has 0 heterocycles. The number of carbonyl (C=O) groups is 4. The van der Waals surface area contributed by atoms with Crippen molar-refractivity contribution in [3.8, 4) is 5.75 Å². The lowest BCUT2D eigenvalue weighted by Gasteiger charge is -2.34. The van der Waals surface area contributed by atoms with E-state index in [0.717, 1.165) is 5.56 Å². The van der Waals surface area contributed by atoms with Gasteiger partial charge in [0.05, 0.1) is 0 Å². The highest BCUT2D eigenvalue weighted by Gasteiger charge is 2.39. The summed E-state index contributed by atoms with van der Waals surface area (Å²) in [6, 6.07) is 10.2. The van der Waals surface area contributed by atoms with Crippen molar-refractivity contribution >= 4 is 36.5 Å². The van der Waals surface area contributed by atoms with Gasteiger partial charge >= 0.3 is 12.1 Å². The number of nitrogens with zero attached hydrogens (tertiary/aromatic N) is 1. The Bertz CT molecular complexity index is 1320. The van der Waals surface area contributed by atoms with Crippen molar-refractivity contribution in [3.05, 3.63) is 77.9 Å².